The van der Waals surface area contributed by atoms with Gasteiger partial charge in [-0.3, -0.25) is 0 Å². The number of allylic oxidation sites excluding steroid dienone is 3. The Morgan fingerprint density at radius 1 is 1.38 bits per heavy atom. The van der Waals surface area contributed by atoms with Gasteiger partial charge in [-0.25, -0.2) is 4.39 Å². The number of hydrogen-bond acceptors (Lipinski definition) is 3. The van der Waals surface area contributed by atoms with Crippen molar-refractivity contribution >= 4 is 16.9 Å². The zero-order valence-electron chi connectivity index (χ0n) is 15.0. The predicted molar refractivity (Wildman–Crippen MR) is 101 cm³/mol. The number of anilines is 2. The largest absolute Gasteiger partial charge is 0.366 e. The standard InChI is InChI=1S/C20H26FN3/c1-7-15-19-16(13(4)17(12(2)3)11-23(19)6)8-18(21)20(15)24-9-14(10-24)22-5/h8,11,14,22H,2,4,7,9-10H2,1,3,5-6H3. The van der Waals surface area contributed by atoms with Gasteiger partial charge in [-0.05, 0) is 37.6 Å². The molecule has 0 amide bonds. The number of nitrogens with zero attached hydrogens (tertiary/aromatic N) is 2. The molecule has 2 heterocycles. The molecule has 128 valence electrons. The molecule has 24 heavy (non-hydrogen) atoms. The van der Waals surface area contributed by atoms with Crippen molar-refractivity contribution in [2.75, 3.05) is 37.0 Å². The minimum Gasteiger partial charge on any atom is -0.366 e. The molecule has 0 atom stereocenters. The van der Waals surface area contributed by atoms with E-state index in [1.54, 1.807) is 6.07 Å². The lowest BCUT2D eigenvalue weighted by Gasteiger charge is -2.43. The fraction of sp³-hybridized carbons (Fsp3) is 0.400. The monoisotopic (exact) mass is 327 g/mol. The van der Waals surface area contributed by atoms with E-state index in [1.807, 2.05) is 21.0 Å². The van der Waals surface area contributed by atoms with E-state index in [1.165, 1.54) is 0 Å². The molecule has 0 unspecified atom stereocenters. The van der Waals surface area contributed by atoms with E-state index in [0.717, 1.165) is 58.7 Å². The van der Waals surface area contributed by atoms with Gasteiger partial charge >= 0.3 is 0 Å². The summed E-state index contributed by atoms with van der Waals surface area (Å²) in [5.74, 6) is -0.155. The molecule has 0 saturated carbocycles. The summed E-state index contributed by atoms with van der Waals surface area (Å²) in [5, 5.41) is 3.25. The Kier molecular flexibility index (Phi) is 4.26. The fourth-order valence-electron chi connectivity index (χ4n) is 3.68. The van der Waals surface area contributed by atoms with E-state index in [4.69, 9.17) is 0 Å². The maximum Gasteiger partial charge on any atom is 0.147 e. The van der Waals surface area contributed by atoms with Crippen molar-refractivity contribution < 1.29 is 4.39 Å². The second-order valence-electron chi connectivity index (χ2n) is 6.74. The van der Waals surface area contributed by atoms with Gasteiger partial charge in [-0.2, -0.15) is 0 Å². The van der Waals surface area contributed by atoms with E-state index >= 15 is 0 Å². The molecule has 2 aliphatic rings. The second kappa shape index (κ2) is 6.10. The van der Waals surface area contributed by atoms with Crippen LogP contribution in [0.15, 0.2) is 36.6 Å². The van der Waals surface area contributed by atoms with Crippen LogP contribution in [0.1, 0.15) is 25.0 Å². The van der Waals surface area contributed by atoms with Crippen molar-refractivity contribution in [1.82, 2.24) is 5.32 Å². The maximum atomic E-state index is 15.0. The first-order chi connectivity index (χ1) is 11.4. The Hall–Kier alpha value is -2.07. The maximum absolute atomic E-state index is 15.0. The van der Waals surface area contributed by atoms with Crippen LogP contribution in [0, 0.1) is 5.82 Å². The van der Waals surface area contributed by atoms with Gasteiger partial charge in [0.15, 0.2) is 0 Å². The highest BCUT2D eigenvalue weighted by atomic mass is 19.1. The number of rotatable bonds is 4. The van der Waals surface area contributed by atoms with Gasteiger partial charge in [0.1, 0.15) is 5.82 Å². The van der Waals surface area contributed by atoms with E-state index in [2.05, 4.69) is 41.4 Å². The topological polar surface area (TPSA) is 18.5 Å². The molecule has 0 bridgehead atoms. The van der Waals surface area contributed by atoms with Gasteiger partial charge in [-0.1, -0.05) is 20.1 Å². The number of halogens is 1. The summed E-state index contributed by atoms with van der Waals surface area (Å²) in [7, 11) is 3.97. The molecule has 2 aliphatic heterocycles. The summed E-state index contributed by atoms with van der Waals surface area (Å²) in [6.45, 7) is 14.0. The van der Waals surface area contributed by atoms with Crippen LogP contribution >= 0.6 is 0 Å². The summed E-state index contributed by atoms with van der Waals surface area (Å²) in [4.78, 5) is 4.22. The third-order valence-corrected chi connectivity index (χ3v) is 5.07. The van der Waals surface area contributed by atoms with Crippen LogP contribution < -0.4 is 15.1 Å². The van der Waals surface area contributed by atoms with Gasteiger partial charge < -0.3 is 15.1 Å². The summed E-state index contributed by atoms with van der Waals surface area (Å²) in [5.41, 5.74) is 6.53. The number of hydrogen-bond donors (Lipinski definition) is 1. The molecule has 3 nitrogen and oxygen atoms in total. The number of benzene rings is 1. The summed E-state index contributed by atoms with van der Waals surface area (Å²) >= 11 is 0. The van der Waals surface area contributed by atoms with E-state index < -0.39 is 0 Å². The quantitative estimate of drug-likeness (QED) is 0.909. The van der Waals surface area contributed by atoms with Crippen molar-refractivity contribution in [2.24, 2.45) is 0 Å². The molecule has 1 aromatic carbocycles. The third-order valence-electron chi connectivity index (χ3n) is 5.07. The first-order valence-corrected chi connectivity index (χ1v) is 8.46. The van der Waals surface area contributed by atoms with Gasteiger partial charge in [0.05, 0.1) is 11.4 Å². The zero-order valence-corrected chi connectivity index (χ0v) is 15.0. The lowest BCUT2D eigenvalue weighted by molar-refractivity contribution is 0.442. The Balaban J connectivity index is 2.12. The van der Waals surface area contributed by atoms with Gasteiger partial charge in [0, 0.05) is 49.1 Å². The molecule has 1 fully saturated rings. The normalized spacial score (nSPS) is 17.5. The predicted octanol–water partition coefficient (Wildman–Crippen LogP) is 3.72. The molecule has 0 aromatic heterocycles. The van der Waals surface area contributed by atoms with Crippen LogP contribution in [-0.4, -0.2) is 33.2 Å². The number of nitrogens with one attached hydrogen (secondary N) is 1. The molecule has 1 saturated heterocycles. The van der Waals surface area contributed by atoms with Crippen LogP contribution in [-0.2, 0) is 6.42 Å². The van der Waals surface area contributed by atoms with Crippen LogP contribution in [0.5, 0.6) is 0 Å². The van der Waals surface area contributed by atoms with Gasteiger partial charge in [-0.15, -0.1) is 0 Å². The van der Waals surface area contributed by atoms with Crippen molar-refractivity contribution in [1.29, 1.82) is 0 Å². The second-order valence-corrected chi connectivity index (χ2v) is 6.74. The van der Waals surface area contributed by atoms with Gasteiger partial charge in [0.2, 0.25) is 0 Å². The Morgan fingerprint density at radius 2 is 2.04 bits per heavy atom. The van der Waals surface area contributed by atoms with E-state index in [-0.39, 0.29) is 5.82 Å². The number of likely N-dealkylation sites (N-methyl/N-ethyl adjacent to an activating group) is 1. The highest BCUT2D eigenvalue weighted by Crippen LogP contribution is 2.45. The van der Waals surface area contributed by atoms with Crippen LogP contribution in [0.3, 0.4) is 0 Å². The van der Waals surface area contributed by atoms with Crippen molar-refractivity contribution in [3.8, 4) is 0 Å². The molecule has 0 spiro atoms. The van der Waals surface area contributed by atoms with Crippen LogP contribution in [0.2, 0.25) is 0 Å². The third kappa shape index (κ3) is 2.46. The van der Waals surface area contributed by atoms with Crippen molar-refractivity contribution in [3.05, 3.63) is 53.5 Å². The van der Waals surface area contributed by atoms with Crippen LogP contribution in [0.25, 0.3) is 5.57 Å². The average molecular weight is 327 g/mol. The molecule has 4 heteroatoms. The molecule has 0 aliphatic carbocycles. The first-order valence-electron chi connectivity index (χ1n) is 8.46. The fourth-order valence-corrected chi connectivity index (χ4v) is 3.68. The smallest absolute Gasteiger partial charge is 0.147 e. The molecule has 1 aromatic rings. The lowest BCUT2D eigenvalue weighted by Crippen LogP contribution is -2.57. The highest BCUT2D eigenvalue weighted by molar-refractivity contribution is 5.94. The molecule has 3 rings (SSSR count). The lowest BCUT2D eigenvalue weighted by atomic mass is 9.87. The Labute approximate surface area is 144 Å². The van der Waals surface area contributed by atoms with Crippen molar-refractivity contribution in [2.45, 2.75) is 26.3 Å². The van der Waals surface area contributed by atoms with Crippen LogP contribution in [0.4, 0.5) is 15.8 Å². The van der Waals surface area contributed by atoms with E-state index in [9.17, 15) is 4.39 Å². The summed E-state index contributed by atoms with van der Waals surface area (Å²) < 4.78 is 15.0. The number of fused-ring (bicyclic) bond motifs is 1. The van der Waals surface area contributed by atoms with Gasteiger partial charge in [0.25, 0.3) is 0 Å². The SMILES string of the molecule is C=C(C)C1=CN(C)c2c(cc(F)c(N3CC(NC)C3)c2CC)C1=C. The molecule has 0 radical (unpaired) electrons. The summed E-state index contributed by atoms with van der Waals surface area (Å²) in [6, 6.07) is 2.08. The summed E-state index contributed by atoms with van der Waals surface area (Å²) in [6.07, 6.45) is 2.84. The first kappa shape index (κ1) is 16.8. The Morgan fingerprint density at radius 3 is 2.58 bits per heavy atom. The molecule has 1 N–H and O–H groups in total. The van der Waals surface area contributed by atoms with Crippen molar-refractivity contribution in [3.63, 3.8) is 0 Å². The van der Waals surface area contributed by atoms with E-state index in [0.29, 0.717) is 6.04 Å². The zero-order chi connectivity index (χ0) is 17.6. The molecular formula is C20H26FN3. The minimum absolute atomic E-state index is 0.155. The average Bonchev–Trinajstić information content (AvgIpc) is 2.49. The minimum atomic E-state index is -0.155. The molecular weight excluding hydrogens is 301 g/mol. The highest BCUT2D eigenvalue weighted by Gasteiger charge is 2.33. The Bertz CT molecular complexity index is 742.